The molecule has 25 heavy (non-hydrogen) atoms. The Morgan fingerprint density at radius 3 is 2.16 bits per heavy atom. The monoisotopic (exact) mass is 368 g/mol. The van der Waals surface area contributed by atoms with Gasteiger partial charge in [0.1, 0.15) is 0 Å². The van der Waals surface area contributed by atoms with Gasteiger partial charge in [0.05, 0.1) is 11.0 Å². The number of aryl methyl sites for hydroxylation is 1. The van der Waals surface area contributed by atoms with Crippen LogP contribution in [0.3, 0.4) is 0 Å². The molecule has 0 saturated heterocycles. The first-order valence-electron chi connectivity index (χ1n) is 8.50. The summed E-state index contributed by atoms with van der Waals surface area (Å²) in [6, 6.07) is 6.50. The van der Waals surface area contributed by atoms with Gasteiger partial charge in [0.2, 0.25) is 5.91 Å². The molecule has 0 radical (unpaired) electrons. The predicted molar refractivity (Wildman–Crippen MR) is 99.0 cm³/mol. The third-order valence-corrected chi connectivity index (χ3v) is 6.63. The normalized spacial score (nSPS) is 14.3. The van der Waals surface area contributed by atoms with Gasteiger partial charge in [-0.2, -0.15) is 0 Å². The number of Topliss-reactive ketones (excluding diaryl/α,β-unsaturated/α-hetero) is 1. The number of hydrogen-bond acceptors (Lipinski definition) is 5. The van der Waals surface area contributed by atoms with E-state index in [-0.39, 0.29) is 5.56 Å². The minimum atomic E-state index is -3.76. The maximum atomic E-state index is 12.8. The Balaban J connectivity index is 3.25. The largest absolute Gasteiger partial charge is 0.368 e. The Morgan fingerprint density at radius 2 is 1.72 bits per heavy atom. The fraction of sp³-hybridized carbons (Fsp3) is 0.556. The van der Waals surface area contributed by atoms with Crippen molar-refractivity contribution in [2.75, 3.05) is 5.75 Å². The zero-order chi connectivity index (χ0) is 19.3. The molecule has 0 saturated carbocycles. The van der Waals surface area contributed by atoms with Crippen LogP contribution in [0, 0.1) is 6.92 Å². The van der Waals surface area contributed by atoms with Gasteiger partial charge >= 0.3 is 0 Å². The molecule has 1 atom stereocenters. The van der Waals surface area contributed by atoms with Gasteiger partial charge in [-0.3, -0.25) is 9.59 Å². The van der Waals surface area contributed by atoms with E-state index >= 15 is 0 Å². The summed E-state index contributed by atoms with van der Waals surface area (Å²) in [5.41, 5.74) is 10.0. The highest BCUT2D eigenvalue weighted by Gasteiger charge is 2.46. The second-order valence-corrected chi connectivity index (χ2v) is 8.82. The first-order chi connectivity index (χ1) is 11.6. The van der Waals surface area contributed by atoms with Crippen LogP contribution in [0.2, 0.25) is 0 Å². The summed E-state index contributed by atoms with van der Waals surface area (Å²) in [6.07, 6.45) is 2.29. The van der Waals surface area contributed by atoms with Crippen LogP contribution in [-0.2, 0) is 14.6 Å². The van der Waals surface area contributed by atoms with Gasteiger partial charge in [-0.1, -0.05) is 50.5 Å². The average molecular weight is 368 g/mol. The van der Waals surface area contributed by atoms with Crippen molar-refractivity contribution in [1.29, 1.82) is 0 Å². The highest BCUT2D eigenvalue weighted by Crippen LogP contribution is 2.22. The summed E-state index contributed by atoms with van der Waals surface area (Å²) < 4.78 is 25.6. The van der Waals surface area contributed by atoms with Gasteiger partial charge in [-0.25, -0.2) is 8.42 Å². The van der Waals surface area contributed by atoms with Crippen molar-refractivity contribution in [3.05, 3.63) is 35.4 Å². The van der Waals surface area contributed by atoms with Crippen molar-refractivity contribution < 1.29 is 18.0 Å². The number of sulfone groups is 1. The van der Waals surface area contributed by atoms with E-state index in [1.54, 1.807) is 25.1 Å². The van der Waals surface area contributed by atoms with Crippen molar-refractivity contribution >= 4 is 21.5 Å². The molecule has 0 aliphatic rings. The number of benzene rings is 1. The second kappa shape index (κ2) is 8.58. The van der Waals surface area contributed by atoms with E-state index in [0.717, 1.165) is 5.56 Å². The van der Waals surface area contributed by atoms with Crippen molar-refractivity contribution in [3.63, 3.8) is 0 Å². The highest BCUT2D eigenvalue weighted by molar-refractivity contribution is 7.92. The zero-order valence-electron chi connectivity index (χ0n) is 15.1. The molecule has 1 amide bonds. The van der Waals surface area contributed by atoms with E-state index in [1.165, 1.54) is 6.07 Å². The number of ketones is 1. The van der Waals surface area contributed by atoms with Crippen molar-refractivity contribution in [2.45, 2.75) is 57.2 Å². The molecule has 140 valence electrons. The molecule has 0 bridgehead atoms. The molecule has 1 aromatic carbocycles. The number of primary amides is 1. The number of rotatable bonds is 10. The van der Waals surface area contributed by atoms with Crippen LogP contribution in [-0.4, -0.2) is 36.6 Å². The Hall–Kier alpha value is -1.73. The SMILES string of the molecule is CCCC(CCC)S(=O)(=O)C[C@](N)(C(N)=O)C(=O)c1cccc(C)c1. The van der Waals surface area contributed by atoms with Gasteiger partial charge in [0, 0.05) is 5.56 Å². The molecule has 0 aliphatic carbocycles. The zero-order valence-corrected chi connectivity index (χ0v) is 15.9. The fourth-order valence-corrected chi connectivity index (χ4v) is 5.21. The Bertz CT molecular complexity index is 724. The average Bonchev–Trinajstić information content (AvgIpc) is 2.53. The lowest BCUT2D eigenvalue weighted by Gasteiger charge is -2.27. The van der Waals surface area contributed by atoms with Gasteiger partial charge < -0.3 is 11.5 Å². The minimum Gasteiger partial charge on any atom is -0.368 e. The fourth-order valence-electron chi connectivity index (χ4n) is 2.88. The van der Waals surface area contributed by atoms with Gasteiger partial charge in [0.25, 0.3) is 0 Å². The Kier molecular flexibility index (Phi) is 7.31. The highest BCUT2D eigenvalue weighted by atomic mass is 32.2. The molecule has 0 unspecified atom stereocenters. The molecule has 6 nitrogen and oxygen atoms in total. The molecule has 0 aliphatic heterocycles. The van der Waals surface area contributed by atoms with E-state index < -0.39 is 38.1 Å². The van der Waals surface area contributed by atoms with E-state index in [1.807, 2.05) is 13.8 Å². The van der Waals surface area contributed by atoms with Crippen molar-refractivity contribution in [2.24, 2.45) is 11.5 Å². The van der Waals surface area contributed by atoms with Gasteiger partial charge in [-0.15, -0.1) is 0 Å². The summed E-state index contributed by atoms with van der Waals surface area (Å²) in [5, 5.41) is -0.630. The van der Waals surface area contributed by atoms with Crippen LogP contribution in [0.4, 0.5) is 0 Å². The molecule has 0 fully saturated rings. The number of nitrogens with two attached hydrogens (primary N) is 2. The lowest BCUT2D eigenvalue weighted by molar-refractivity contribution is -0.120. The number of carbonyl (C=O) groups is 2. The van der Waals surface area contributed by atoms with Crippen LogP contribution in [0.1, 0.15) is 55.5 Å². The standard InChI is InChI=1S/C18H28N2O4S/c1-4-7-15(8-5-2)25(23,24)12-18(20,17(19)22)16(21)14-10-6-9-13(3)11-14/h6,9-11,15H,4-5,7-8,12,20H2,1-3H3,(H2,19,22)/t18-/m1/s1. The van der Waals surface area contributed by atoms with E-state index in [2.05, 4.69) is 0 Å². The van der Waals surface area contributed by atoms with Crippen LogP contribution < -0.4 is 11.5 Å². The number of carbonyl (C=O) groups excluding carboxylic acids is 2. The molecule has 0 heterocycles. The summed E-state index contributed by atoms with van der Waals surface area (Å²) >= 11 is 0. The third kappa shape index (κ3) is 5.12. The molecule has 4 N–H and O–H groups in total. The van der Waals surface area contributed by atoms with E-state index in [4.69, 9.17) is 11.5 Å². The van der Waals surface area contributed by atoms with E-state index in [9.17, 15) is 18.0 Å². The first kappa shape index (κ1) is 21.3. The molecular weight excluding hydrogens is 340 g/mol. The summed E-state index contributed by atoms with van der Waals surface area (Å²) in [5.74, 6) is -2.67. The second-order valence-electron chi connectivity index (χ2n) is 6.54. The lowest BCUT2D eigenvalue weighted by atomic mass is 9.91. The van der Waals surface area contributed by atoms with E-state index in [0.29, 0.717) is 25.7 Å². The minimum absolute atomic E-state index is 0.180. The van der Waals surface area contributed by atoms with Crippen LogP contribution in [0.25, 0.3) is 0 Å². The summed E-state index contributed by atoms with van der Waals surface area (Å²) in [7, 11) is -3.76. The molecule has 0 spiro atoms. The number of hydrogen-bond donors (Lipinski definition) is 2. The predicted octanol–water partition coefficient (Wildman–Crippen LogP) is 1.74. The number of amides is 1. The Morgan fingerprint density at radius 1 is 1.16 bits per heavy atom. The molecule has 1 aromatic rings. The summed E-state index contributed by atoms with van der Waals surface area (Å²) in [6.45, 7) is 5.56. The topological polar surface area (TPSA) is 120 Å². The molecule has 1 rings (SSSR count). The first-order valence-corrected chi connectivity index (χ1v) is 10.2. The quantitative estimate of drug-likeness (QED) is 0.481. The smallest absolute Gasteiger partial charge is 0.246 e. The van der Waals surface area contributed by atoms with Crippen molar-refractivity contribution in [3.8, 4) is 0 Å². The maximum Gasteiger partial charge on any atom is 0.246 e. The summed E-state index contributed by atoms with van der Waals surface area (Å²) in [4.78, 5) is 24.7. The van der Waals surface area contributed by atoms with Gasteiger partial charge in [-0.05, 0) is 25.8 Å². The molecule has 7 heteroatoms. The van der Waals surface area contributed by atoms with Crippen LogP contribution in [0.5, 0.6) is 0 Å². The lowest BCUT2D eigenvalue weighted by Crippen LogP contribution is -2.63. The Labute approximate surface area is 149 Å². The van der Waals surface area contributed by atoms with Crippen LogP contribution >= 0.6 is 0 Å². The molecule has 0 aromatic heterocycles. The maximum absolute atomic E-state index is 12.8. The van der Waals surface area contributed by atoms with Crippen molar-refractivity contribution in [1.82, 2.24) is 0 Å². The van der Waals surface area contributed by atoms with Crippen LogP contribution in [0.15, 0.2) is 24.3 Å². The third-order valence-electron chi connectivity index (χ3n) is 4.28. The van der Waals surface area contributed by atoms with Gasteiger partial charge in [0.15, 0.2) is 21.2 Å². The molecular formula is C18H28N2O4S.